The van der Waals surface area contributed by atoms with Crippen molar-refractivity contribution in [2.75, 3.05) is 5.32 Å². The van der Waals surface area contributed by atoms with E-state index in [2.05, 4.69) is 15.7 Å². The Kier molecular flexibility index (Phi) is 3.97. The molecule has 0 bridgehead atoms. The second kappa shape index (κ2) is 5.55. The third-order valence-electron chi connectivity index (χ3n) is 2.94. The van der Waals surface area contributed by atoms with Crippen molar-refractivity contribution in [3.63, 3.8) is 0 Å². The highest BCUT2D eigenvalue weighted by Crippen LogP contribution is 2.22. The van der Waals surface area contributed by atoms with E-state index in [-0.39, 0.29) is 11.6 Å². The molecule has 1 heterocycles. The summed E-state index contributed by atoms with van der Waals surface area (Å²) in [5, 5.41) is 10.5. The van der Waals surface area contributed by atoms with Gasteiger partial charge in [0.2, 0.25) is 0 Å². The lowest BCUT2D eigenvalue weighted by Gasteiger charge is -2.20. The van der Waals surface area contributed by atoms with Crippen LogP contribution in [0.25, 0.3) is 10.9 Å². The molecular weight excluding hydrogens is 268 g/mol. The summed E-state index contributed by atoms with van der Waals surface area (Å²) in [6, 6.07) is 5.14. The van der Waals surface area contributed by atoms with Crippen LogP contribution in [-0.4, -0.2) is 27.6 Å². The highest BCUT2D eigenvalue weighted by atomic mass is 16.2. The molecule has 0 aliphatic rings. The zero-order chi connectivity index (χ0) is 15.6. The number of carbonyl (C=O) groups is 2. The van der Waals surface area contributed by atoms with Gasteiger partial charge in [-0.2, -0.15) is 5.10 Å². The van der Waals surface area contributed by atoms with Gasteiger partial charge in [0.15, 0.2) is 6.29 Å². The number of nitrogens with one attached hydrogen (secondary N) is 2. The van der Waals surface area contributed by atoms with Gasteiger partial charge in [-0.05, 0) is 45.9 Å². The van der Waals surface area contributed by atoms with Crippen molar-refractivity contribution in [1.29, 1.82) is 0 Å². The molecule has 2 N–H and O–H groups in total. The Bertz CT molecular complexity index is 683. The van der Waals surface area contributed by atoms with Crippen LogP contribution in [0.3, 0.4) is 0 Å². The average Bonchev–Trinajstić information content (AvgIpc) is 2.73. The van der Waals surface area contributed by atoms with Gasteiger partial charge >= 0.3 is 6.03 Å². The van der Waals surface area contributed by atoms with Crippen molar-refractivity contribution in [3.05, 3.63) is 23.9 Å². The summed E-state index contributed by atoms with van der Waals surface area (Å²) in [5.74, 6) is 0. The number of amides is 2. The first-order chi connectivity index (χ1) is 9.84. The fourth-order valence-corrected chi connectivity index (χ4v) is 2.11. The zero-order valence-corrected chi connectivity index (χ0v) is 12.7. The number of benzene rings is 1. The molecule has 2 amide bonds. The molecule has 0 aliphatic heterocycles. The third-order valence-corrected chi connectivity index (χ3v) is 2.94. The minimum atomic E-state index is -0.310. The molecule has 6 heteroatoms. The second-order valence-electron chi connectivity index (χ2n) is 5.88. The van der Waals surface area contributed by atoms with E-state index in [1.807, 2.05) is 33.8 Å². The van der Waals surface area contributed by atoms with E-state index < -0.39 is 0 Å². The number of fused-ring (bicyclic) bond motifs is 1. The SMILES string of the molecule is CCn1nc(C=O)c2cc(NC(=O)NC(C)(C)C)ccc21. The van der Waals surface area contributed by atoms with Crippen molar-refractivity contribution >= 4 is 28.9 Å². The lowest BCUT2D eigenvalue weighted by atomic mass is 10.1. The number of carbonyl (C=O) groups excluding carboxylic acids is 2. The van der Waals surface area contributed by atoms with Gasteiger partial charge in [-0.25, -0.2) is 4.79 Å². The van der Waals surface area contributed by atoms with Gasteiger partial charge in [0.25, 0.3) is 0 Å². The van der Waals surface area contributed by atoms with Gasteiger partial charge in [-0.15, -0.1) is 0 Å². The van der Waals surface area contributed by atoms with Crippen molar-refractivity contribution in [2.45, 2.75) is 39.8 Å². The first kappa shape index (κ1) is 15.0. The van der Waals surface area contributed by atoms with Crippen molar-refractivity contribution in [1.82, 2.24) is 15.1 Å². The van der Waals surface area contributed by atoms with E-state index in [9.17, 15) is 9.59 Å². The third kappa shape index (κ3) is 3.39. The maximum Gasteiger partial charge on any atom is 0.319 e. The highest BCUT2D eigenvalue weighted by Gasteiger charge is 2.15. The minimum absolute atomic E-state index is 0.280. The summed E-state index contributed by atoms with van der Waals surface area (Å²) in [5.41, 5.74) is 1.58. The van der Waals surface area contributed by atoms with Gasteiger partial charge < -0.3 is 10.6 Å². The lowest BCUT2D eigenvalue weighted by Crippen LogP contribution is -2.43. The number of hydrogen-bond donors (Lipinski definition) is 2. The minimum Gasteiger partial charge on any atom is -0.333 e. The molecule has 1 aromatic carbocycles. The van der Waals surface area contributed by atoms with Crippen molar-refractivity contribution in [3.8, 4) is 0 Å². The fourth-order valence-electron chi connectivity index (χ4n) is 2.11. The topological polar surface area (TPSA) is 76.0 Å². The maximum atomic E-state index is 11.9. The summed E-state index contributed by atoms with van der Waals surface area (Å²) in [6.45, 7) is 8.37. The van der Waals surface area contributed by atoms with Gasteiger partial charge in [-0.1, -0.05) is 0 Å². The maximum absolute atomic E-state index is 11.9. The number of nitrogens with zero attached hydrogens (tertiary/aromatic N) is 2. The predicted octanol–water partition coefficient (Wildman–Crippen LogP) is 2.79. The van der Waals surface area contributed by atoms with E-state index >= 15 is 0 Å². The van der Waals surface area contributed by atoms with E-state index in [0.717, 1.165) is 17.2 Å². The van der Waals surface area contributed by atoms with Gasteiger partial charge in [0.1, 0.15) is 5.69 Å². The molecule has 112 valence electrons. The number of hydrogen-bond acceptors (Lipinski definition) is 3. The van der Waals surface area contributed by atoms with Crippen LogP contribution in [-0.2, 0) is 6.54 Å². The number of aryl methyl sites for hydroxylation is 1. The van der Waals surface area contributed by atoms with Crippen LogP contribution >= 0.6 is 0 Å². The number of anilines is 1. The summed E-state index contributed by atoms with van der Waals surface area (Å²) < 4.78 is 1.76. The summed E-state index contributed by atoms with van der Waals surface area (Å²) >= 11 is 0. The molecule has 6 nitrogen and oxygen atoms in total. The monoisotopic (exact) mass is 288 g/mol. The quantitative estimate of drug-likeness (QED) is 0.853. The van der Waals surface area contributed by atoms with Crippen LogP contribution in [0.1, 0.15) is 38.2 Å². The molecule has 1 aromatic heterocycles. The van der Waals surface area contributed by atoms with Crippen LogP contribution in [0.2, 0.25) is 0 Å². The average molecular weight is 288 g/mol. The standard InChI is InChI=1S/C15H20N4O2/c1-5-19-13-7-6-10(8-11(13)12(9-20)18-19)16-14(21)17-15(2,3)4/h6-9H,5H2,1-4H3,(H2,16,17,21). The molecule has 21 heavy (non-hydrogen) atoms. The number of aromatic nitrogens is 2. The molecular formula is C15H20N4O2. The van der Waals surface area contributed by atoms with Crippen LogP contribution in [0, 0.1) is 0 Å². The lowest BCUT2D eigenvalue weighted by molar-refractivity contribution is 0.111. The first-order valence-electron chi connectivity index (χ1n) is 6.89. The Labute approximate surface area is 123 Å². The molecule has 2 rings (SSSR count). The fraction of sp³-hybridized carbons (Fsp3) is 0.400. The molecule has 0 spiro atoms. The molecule has 0 radical (unpaired) electrons. The number of rotatable bonds is 3. The van der Waals surface area contributed by atoms with Crippen LogP contribution in [0.5, 0.6) is 0 Å². The first-order valence-corrected chi connectivity index (χ1v) is 6.89. The van der Waals surface area contributed by atoms with E-state index in [1.54, 1.807) is 16.8 Å². The zero-order valence-electron chi connectivity index (χ0n) is 12.7. The van der Waals surface area contributed by atoms with E-state index in [4.69, 9.17) is 0 Å². The Morgan fingerprint density at radius 1 is 1.38 bits per heavy atom. The Hall–Kier alpha value is -2.37. The Morgan fingerprint density at radius 3 is 2.67 bits per heavy atom. The smallest absolute Gasteiger partial charge is 0.319 e. The number of urea groups is 1. The van der Waals surface area contributed by atoms with E-state index in [0.29, 0.717) is 17.9 Å². The summed E-state index contributed by atoms with van der Waals surface area (Å²) in [4.78, 5) is 23.0. The molecule has 0 saturated heterocycles. The molecule has 0 atom stereocenters. The molecule has 0 aliphatic carbocycles. The van der Waals surface area contributed by atoms with Gasteiger partial charge in [-0.3, -0.25) is 9.48 Å². The van der Waals surface area contributed by atoms with Gasteiger partial charge in [0, 0.05) is 23.2 Å². The highest BCUT2D eigenvalue weighted by molar-refractivity contribution is 5.99. The molecule has 0 fully saturated rings. The van der Waals surface area contributed by atoms with Crippen molar-refractivity contribution < 1.29 is 9.59 Å². The Balaban J connectivity index is 2.30. The second-order valence-corrected chi connectivity index (χ2v) is 5.88. The summed E-state index contributed by atoms with van der Waals surface area (Å²) in [7, 11) is 0. The van der Waals surface area contributed by atoms with Crippen LogP contribution in [0.4, 0.5) is 10.5 Å². The predicted molar refractivity (Wildman–Crippen MR) is 82.7 cm³/mol. The van der Waals surface area contributed by atoms with Crippen molar-refractivity contribution in [2.24, 2.45) is 0 Å². The van der Waals surface area contributed by atoms with Crippen LogP contribution < -0.4 is 10.6 Å². The largest absolute Gasteiger partial charge is 0.333 e. The normalized spacial score (nSPS) is 11.4. The van der Waals surface area contributed by atoms with Crippen LogP contribution in [0.15, 0.2) is 18.2 Å². The van der Waals surface area contributed by atoms with E-state index in [1.165, 1.54) is 0 Å². The Morgan fingerprint density at radius 2 is 2.10 bits per heavy atom. The number of aldehydes is 1. The molecule has 0 saturated carbocycles. The molecule has 0 unspecified atom stereocenters. The van der Waals surface area contributed by atoms with Gasteiger partial charge in [0.05, 0.1) is 5.52 Å². The molecule has 2 aromatic rings. The summed E-state index contributed by atoms with van der Waals surface area (Å²) in [6.07, 6.45) is 0.730.